The van der Waals surface area contributed by atoms with Crippen molar-refractivity contribution in [2.24, 2.45) is 0 Å². The molecule has 9 nitrogen and oxygen atoms in total. The molecule has 0 aromatic heterocycles. The van der Waals surface area contributed by atoms with Crippen molar-refractivity contribution >= 4 is 5.91 Å². The van der Waals surface area contributed by atoms with Crippen LogP contribution >= 0.6 is 0 Å². The molecule has 9 heteroatoms. The monoisotopic (exact) mass is 788 g/mol. The van der Waals surface area contributed by atoms with E-state index in [1.807, 2.05) is 6.08 Å². The third-order valence-electron chi connectivity index (χ3n) is 10.0. The van der Waals surface area contributed by atoms with Crippen molar-refractivity contribution in [3.05, 3.63) is 72.9 Å². The Morgan fingerprint density at radius 2 is 1.11 bits per heavy atom. The number of carbonyl (C=O) groups is 1. The molecule has 6 N–H and O–H groups in total. The molecular weight excluding hydrogens is 707 g/mol. The van der Waals surface area contributed by atoms with Crippen LogP contribution < -0.4 is 5.32 Å². The minimum atomic E-state index is -1.57. The van der Waals surface area contributed by atoms with Gasteiger partial charge in [-0.05, 0) is 64.2 Å². The van der Waals surface area contributed by atoms with Gasteiger partial charge in [0.15, 0.2) is 6.29 Å². The molecule has 7 unspecified atom stereocenters. The van der Waals surface area contributed by atoms with Crippen molar-refractivity contribution in [3.8, 4) is 0 Å². The third kappa shape index (κ3) is 27.3. The van der Waals surface area contributed by atoms with E-state index in [2.05, 4.69) is 79.9 Å². The average Bonchev–Trinajstić information content (AvgIpc) is 3.20. The van der Waals surface area contributed by atoms with Crippen molar-refractivity contribution in [1.29, 1.82) is 0 Å². The molecule has 0 aromatic carbocycles. The van der Waals surface area contributed by atoms with Crippen LogP contribution in [0.1, 0.15) is 162 Å². The fourth-order valence-electron chi connectivity index (χ4n) is 6.47. The van der Waals surface area contributed by atoms with Crippen LogP contribution in [0.5, 0.6) is 0 Å². The number of allylic oxidation sites excluding steroid dienone is 11. The lowest BCUT2D eigenvalue weighted by Gasteiger charge is -2.40. The van der Waals surface area contributed by atoms with Crippen molar-refractivity contribution in [3.63, 3.8) is 0 Å². The second-order valence-electron chi connectivity index (χ2n) is 15.1. The van der Waals surface area contributed by atoms with Crippen molar-refractivity contribution in [2.45, 2.75) is 204 Å². The molecule has 56 heavy (non-hydrogen) atoms. The van der Waals surface area contributed by atoms with E-state index in [-0.39, 0.29) is 12.5 Å². The number of hydrogen-bond acceptors (Lipinski definition) is 8. The van der Waals surface area contributed by atoms with Gasteiger partial charge in [-0.15, -0.1) is 0 Å². The van der Waals surface area contributed by atoms with Gasteiger partial charge in [0.05, 0.1) is 25.4 Å². The van der Waals surface area contributed by atoms with Crippen LogP contribution in [0.25, 0.3) is 0 Å². The molecule has 0 saturated carbocycles. The van der Waals surface area contributed by atoms with Crippen LogP contribution in [0, 0.1) is 0 Å². The molecule has 0 radical (unpaired) electrons. The van der Waals surface area contributed by atoms with Gasteiger partial charge in [0.1, 0.15) is 24.4 Å². The zero-order chi connectivity index (χ0) is 40.9. The molecule has 0 bridgehead atoms. The largest absolute Gasteiger partial charge is 0.394 e. The molecule has 1 heterocycles. The van der Waals surface area contributed by atoms with E-state index >= 15 is 0 Å². The highest BCUT2D eigenvalue weighted by atomic mass is 16.7. The summed E-state index contributed by atoms with van der Waals surface area (Å²) in [6, 6.07) is -0.812. The maximum Gasteiger partial charge on any atom is 0.220 e. The van der Waals surface area contributed by atoms with Gasteiger partial charge < -0.3 is 40.3 Å². The van der Waals surface area contributed by atoms with Gasteiger partial charge in [-0.1, -0.05) is 164 Å². The maximum absolute atomic E-state index is 12.9. The number of carbonyl (C=O) groups excluding carboxylic acids is 1. The molecule has 0 aromatic rings. The summed E-state index contributed by atoms with van der Waals surface area (Å²) in [5, 5.41) is 54.0. The minimum absolute atomic E-state index is 0.194. The number of amides is 1. The number of hydrogen-bond donors (Lipinski definition) is 6. The Morgan fingerprint density at radius 1 is 0.625 bits per heavy atom. The Balaban J connectivity index is 2.32. The van der Waals surface area contributed by atoms with Gasteiger partial charge in [-0.25, -0.2) is 0 Å². The lowest BCUT2D eigenvalue weighted by molar-refractivity contribution is -0.302. The molecular formula is C47H81NO8. The highest BCUT2D eigenvalue weighted by Gasteiger charge is 2.44. The minimum Gasteiger partial charge on any atom is -0.394 e. The molecule has 0 aliphatic carbocycles. The van der Waals surface area contributed by atoms with E-state index in [4.69, 9.17) is 9.47 Å². The lowest BCUT2D eigenvalue weighted by atomic mass is 9.99. The normalized spacial score (nSPS) is 21.9. The first kappa shape index (κ1) is 51.6. The van der Waals surface area contributed by atoms with E-state index < -0.39 is 49.5 Å². The standard InChI is InChI=1S/C47H81NO8/c1-3-5-7-9-11-13-15-16-17-18-19-20-21-22-23-24-25-26-27-29-31-33-35-37-43(51)48-40(39-55-47-46(54)45(53)44(52)42(38-49)56-47)41(50)36-34-32-30-28-14-12-10-8-6-4-2/h5,7,11,13,16-17,19-20,22-23,34,36,40-42,44-47,49-50,52-54H,3-4,6,8-10,12,14-15,18,21,24-33,35,37-39H2,1-2H3,(H,48,51)/b7-5-,13-11-,17-16-,20-19-,23-22-,36-34+. The highest BCUT2D eigenvalue weighted by Crippen LogP contribution is 2.22. The van der Waals surface area contributed by atoms with Crippen LogP contribution in [0.15, 0.2) is 72.9 Å². The molecule has 1 rings (SSSR count). The molecule has 1 aliphatic rings. The Morgan fingerprint density at radius 3 is 1.64 bits per heavy atom. The molecule has 322 valence electrons. The van der Waals surface area contributed by atoms with Crippen molar-refractivity contribution < 1.29 is 39.8 Å². The summed E-state index contributed by atoms with van der Waals surface area (Å²) in [5.41, 5.74) is 0. The Kier molecular flexibility index (Phi) is 34.1. The first-order chi connectivity index (χ1) is 27.3. The van der Waals surface area contributed by atoms with Crippen LogP contribution in [0.3, 0.4) is 0 Å². The first-order valence-electron chi connectivity index (χ1n) is 22.2. The van der Waals surface area contributed by atoms with Gasteiger partial charge in [0.25, 0.3) is 0 Å². The number of unbranched alkanes of at least 4 members (excludes halogenated alkanes) is 15. The number of aliphatic hydroxyl groups excluding tert-OH is 5. The second kappa shape index (κ2) is 36.9. The van der Waals surface area contributed by atoms with E-state index in [9.17, 15) is 30.3 Å². The quantitative estimate of drug-likeness (QED) is 0.0276. The fraction of sp³-hybridized carbons (Fsp3) is 0.723. The topological polar surface area (TPSA) is 149 Å². The van der Waals surface area contributed by atoms with Crippen molar-refractivity contribution in [1.82, 2.24) is 5.32 Å². The van der Waals surface area contributed by atoms with Gasteiger partial charge in [-0.3, -0.25) is 4.79 Å². The first-order valence-corrected chi connectivity index (χ1v) is 22.2. The van der Waals surface area contributed by atoms with E-state index in [1.54, 1.807) is 6.08 Å². The van der Waals surface area contributed by atoms with Crippen LogP contribution in [-0.2, 0) is 14.3 Å². The molecule has 0 spiro atoms. The Hall–Kier alpha value is -2.37. The van der Waals surface area contributed by atoms with Gasteiger partial charge in [0, 0.05) is 6.42 Å². The predicted octanol–water partition coefficient (Wildman–Crippen LogP) is 9.00. The number of aliphatic hydroxyl groups is 5. The summed E-state index contributed by atoms with van der Waals surface area (Å²) in [6.07, 6.45) is 42.3. The maximum atomic E-state index is 12.9. The van der Waals surface area contributed by atoms with E-state index in [0.29, 0.717) is 6.42 Å². The summed E-state index contributed by atoms with van der Waals surface area (Å²) in [5.74, 6) is -0.194. The van der Waals surface area contributed by atoms with Gasteiger partial charge in [-0.2, -0.15) is 0 Å². The smallest absolute Gasteiger partial charge is 0.220 e. The molecule has 1 aliphatic heterocycles. The Bertz CT molecular complexity index is 1100. The van der Waals surface area contributed by atoms with E-state index in [0.717, 1.165) is 83.5 Å². The average molecular weight is 788 g/mol. The number of nitrogens with one attached hydrogen (secondary N) is 1. The van der Waals surface area contributed by atoms with Crippen LogP contribution in [-0.4, -0.2) is 87.5 Å². The summed E-state index contributed by atoms with van der Waals surface area (Å²) in [7, 11) is 0. The molecule has 1 fully saturated rings. The predicted molar refractivity (Wildman–Crippen MR) is 230 cm³/mol. The molecule has 1 amide bonds. The molecule has 1 saturated heterocycles. The zero-order valence-electron chi connectivity index (χ0n) is 35.1. The number of ether oxygens (including phenoxy) is 2. The van der Waals surface area contributed by atoms with Crippen LogP contribution in [0.2, 0.25) is 0 Å². The summed E-state index contributed by atoms with van der Waals surface area (Å²) in [4.78, 5) is 12.9. The molecule has 7 atom stereocenters. The van der Waals surface area contributed by atoms with Crippen molar-refractivity contribution in [2.75, 3.05) is 13.2 Å². The Labute approximate surface area is 340 Å². The SMILES string of the molecule is CC/C=C\C/C=C\C/C=C\C/C=C\C/C=C\CCCCCCCCCC(=O)NC(COC1OC(CO)C(O)C(O)C1O)C(O)/C=C/CCCCCCCCCC. The number of rotatable bonds is 35. The summed E-state index contributed by atoms with van der Waals surface area (Å²) in [6.45, 7) is 3.60. The zero-order valence-corrected chi connectivity index (χ0v) is 35.1. The highest BCUT2D eigenvalue weighted by molar-refractivity contribution is 5.76. The van der Waals surface area contributed by atoms with Gasteiger partial charge in [0.2, 0.25) is 5.91 Å². The van der Waals surface area contributed by atoms with E-state index in [1.165, 1.54) is 57.8 Å². The summed E-state index contributed by atoms with van der Waals surface area (Å²) < 4.78 is 11.2. The van der Waals surface area contributed by atoms with Gasteiger partial charge >= 0.3 is 0 Å². The lowest BCUT2D eigenvalue weighted by Crippen LogP contribution is -2.60. The summed E-state index contributed by atoms with van der Waals surface area (Å²) >= 11 is 0. The fourth-order valence-corrected chi connectivity index (χ4v) is 6.47. The second-order valence-corrected chi connectivity index (χ2v) is 15.1. The third-order valence-corrected chi connectivity index (χ3v) is 10.0. The van der Waals surface area contributed by atoms with Crippen LogP contribution in [0.4, 0.5) is 0 Å².